The Balaban J connectivity index is 1.70. The van der Waals surface area contributed by atoms with Crippen LogP contribution in [0.25, 0.3) is 11.3 Å². The zero-order valence-corrected chi connectivity index (χ0v) is 16.3. The van der Waals surface area contributed by atoms with Gasteiger partial charge in [0, 0.05) is 35.6 Å². The Morgan fingerprint density at radius 3 is 2.69 bits per heavy atom. The van der Waals surface area contributed by atoms with Gasteiger partial charge in [-0.2, -0.15) is 0 Å². The summed E-state index contributed by atoms with van der Waals surface area (Å²) >= 11 is 13.3. The first kappa shape index (κ1) is 18.8. The molecule has 0 radical (unpaired) electrons. The molecule has 0 fully saturated rings. The predicted molar refractivity (Wildman–Crippen MR) is 105 cm³/mol. The van der Waals surface area contributed by atoms with Gasteiger partial charge in [-0.3, -0.25) is 4.79 Å². The van der Waals surface area contributed by atoms with Crippen LogP contribution in [0.2, 0.25) is 10.2 Å². The lowest BCUT2D eigenvalue weighted by atomic mass is 10.1. The molecular formula is C17H17Cl2N5OS. The van der Waals surface area contributed by atoms with Crippen LogP contribution in [0.4, 0.5) is 0 Å². The number of hydrogen-bond donors (Lipinski definition) is 2. The number of amides is 1. The van der Waals surface area contributed by atoms with Gasteiger partial charge in [0.2, 0.25) is 0 Å². The standard InChI is InChI=1S/C17H17Cl2N5OS/c1-24-15(16(19)22-23-24)11-7-14(26-9-11)17(25)21-13(8-20)6-10-2-4-12(18)5-3-10/h2-5,7,9,13H,6,8,20H2,1H3,(H,21,25)/t13-/m0/s1. The van der Waals surface area contributed by atoms with E-state index in [2.05, 4.69) is 15.6 Å². The molecule has 3 aromatic rings. The van der Waals surface area contributed by atoms with Crippen molar-refractivity contribution in [2.45, 2.75) is 12.5 Å². The van der Waals surface area contributed by atoms with Crippen molar-refractivity contribution in [3.63, 3.8) is 0 Å². The summed E-state index contributed by atoms with van der Waals surface area (Å²) in [7, 11) is 1.75. The Kier molecular flexibility index (Phi) is 5.93. The molecule has 0 bridgehead atoms. The van der Waals surface area contributed by atoms with Gasteiger partial charge in [-0.1, -0.05) is 40.5 Å². The van der Waals surface area contributed by atoms with Gasteiger partial charge in [-0.15, -0.1) is 16.4 Å². The van der Waals surface area contributed by atoms with Crippen LogP contribution in [0.15, 0.2) is 35.7 Å². The van der Waals surface area contributed by atoms with Crippen LogP contribution in [0.1, 0.15) is 15.2 Å². The second-order valence-corrected chi connectivity index (χ2v) is 7.49. The van der Waals surface area contributed by atoms with Crippen molar-refractivity contribution in [2.75, 3.05) is 6.54 Å². The van der Waals surface area contributed by atoms with E-state index in [-0.39, 0.29) is 11.9 Å². The molecule has 1 amide bonds. The second-order valence-electron chi connectivity index (χ2n) is 5.79. The number of nitrogens with two attached hydrogens (primary N) is 1. The molecular weight excluding hydrogens is 393 g/mol. The Labute approximate surface area is 164 Å². The number of benzene rings is 1. The fourth-order valence-corrected chi connectivity index (χ4v) is 3.76. The maximum atomic E-state index is 12.6. The van der Waals surface area contributed by atoms with E-state index in [4.69, 9.17) is 28.9 Å². The first-order chi connectivity index (χ1) is 12.5. The minimum Gasteiger partial charge on any atom is -0.347 e. The summed E-state index contributed by atoms with van der Waals surface area (Å²) in [6.45, 7) is 0.337. The third-order valence-corrected chi connectivity index (χ3v) is 5.33. The van der Waals surface area contributed by atoms with Crippen LogP contribution >= 0.6 is 34.5 Å². The zero-order valence-electron chi connectivity index (χ0n) is 13.9. The van der Waals surface area contributed by atoms with Gasteiger partial charge in [-0.05, 0) is 30.2 Å². The average Bonchev–Trinajstić information content (AvgIpc) is 3.22. The number of aromatic nitrogens is 3. The highest BCUT2D eigenvalue weighted by molar-refractivity contribution is 7.12. The van der Waals surface area contributed by atoms with Crippen LogP contribution in [-0.2, 0) is 13.5 Å². The van der Waals surface area contributed by atoms with E-state index in [0.717, 1.165) is 11.1 Å². The monoisotopic (exact) mass is 409 g/mol. The lowest BCUT2D eigenvalue weighted by molar-refractivity contribution is 0.0942. The molecule has 3 N–H and O–H groups in total. The van der Waals surface area contributed by atoms with E-state index in [1.165, 1.54) is 11.3 Å². The van der Waals surface area contributed by atoms with Gasteiger partial charge in [0.15, 0.2) is 5.15 Å². The molecule has 136 valence electrons. The molecule has 9 heteroatoms. The summed E-state index contributed by atoms with van der Waals surface area (Å²) < 4.78 is 1.58. The summed E-state index contributed by atoms with van der Waals surface area (Å²) in [6, 6.07) is 9.11. The zero-order chi connectivity index (χ0) is 18.7. The highest BCUT2D eigenvalue weighted by Gasteiger charge is 2.18. The van der Waals surface area contributed by atoms with E-state index < -0.39 is 0 Å². The van der Waals surface area contributed by atoms with Crippen molar-refractivity contribution in [2.24, 2.45) is 12.8 Å². The number of nitrogens with zero attached hydrogens (tertiary/aromatic N) is 3. The molecule has 0 unspecified atom stereocenters. The minimum absolute atomic E-state index is 0.170. The molecule has 6 nitrogen and oxygen atoms in total. The number of thiophene rings is 1. The van der Waals surface area contributed by atoms with Gasteiger partial charge in [0.25, 0.3) is 5.91 Å². The number of carbonyl (C=O) groups is 1. The van der Waals surface area contributed by atoms with Crippen molar-refractivity contribution >= 4 is 40.4 Å². The predicted octanol–water partition coefficient (Wildman–Crippen LogP) is 3.15. The highest BCUT2D eigenvalue weighted by Crippen LogP contribution is 2.29. The molecule has 0 aliphatic carbocycles. The average molecular weight is 410 g/mol. The highest BCUT2D eigenvalue weighted by atomic mass is 35.5. The lowest BCUT2D eigenvalue weighted by Crippen LogP contribution is -2.41. The third kappa shape index (κ3) is 4.24. The number of carbonyl (C=O) groups excluding carboxylic acids is 1. The van der Waals surface area contributed by atoms with Crippen molar-refractivity contribution in [1.82, 2.24) is 20.3 Å². The summed E-state index contributed by atoms with van der Waals surface area (Å²) in [5.41, 5.74) is 8.37. The maximum absolute atomic E-state index is 12.6. The Morgan fingerprint density at radius 1 is 1.35 bits per heavy atom. The van der Waals surface area contributed by atoms with E-state index in [1.807, 2.05) is 29.6 Å². The topological polar surface area (TPSA) is 85.8 Å². The SMILES string of the molecule is Cn1nnc(Cl)c1-c1csc(C(=O)N[C@H](CN)Cc2ccc(Cl)cc2)c1. The molecule has 1 atom stereocenters. The summed E-state index contributed by atoms with van der Waals surface area (Å²) in [5, 5.41) is 13.5. The lowest BCUT2D eigenvalue weighted by Gasteiger charge is -2.16. The molecule has 0 saturated carbocycles. The van der Waals surface area contributed by atoms with E-state index in [1.54, 1.807) is 17.8 Å². The van der Waals surface area contributed by atoms with Gasteiger partial charge in [-0.25, -0.2) is 4.68 Å². The maximum Gasteiger partial charge on any atom is 0.261 e. The fourth-order valence-electron chi connectivity index (χ4n) is 2.57. The molecule has 1 aromatic carbocycles. The Hall–Kier alpha value is -1.93. The smallest absolute Gasteiger partial charge is 0.261 e. The van der Waals surface area contributed by atoms with Crippen LogP contribution in [-0.4, -0.2) is 33.5 Å². The third-order valence-electron chi connectivity index (χ3n) is 3.90. The normalized spacial score (nSPS) is 12.2. The van der Waals surface area contributed by atoms with Crippen molar-refractivity contribution in [1.29, 1.82) is 0 Å². The summed E-state index contributed by atoms with van der Waals surface area (Å²) in [5.74, 6) is -0.170. The van der Waals surface area contributed by atoms with Gasteiger partial charge in [0.05, 0.1) is 4.88 Å². The number of rotatable bonds is 6. The number of aryl methyl sites for hydroxylation is 1. The first-order valence-electron chi connectivity index (χ1n) is 7.87. The summed E-state index contributed by atoms with van der Waals surface area (Å²) in [6.07, 6.45) is 0.634. The van der Waals surface area contributed by atoms with Crippen LogP contribution in [0.3, 0.4) is 0 Å². The molecule has 2 heterocycles. The first-order valence-corrected chi connectivity index (χ1v) is 9.51. The fraction of sp³-hybridized carbons (Fsp3) is 0.235. The Morgan fingerprint density at radius 2 is 2.08 bits per heavy atom. The molecule has 3 rings (SSSR count). The van der Waals surface area contributed by atoms with Gasteiger partial charge in [0.1, 0.15) is 5.69 Å². The number of halogens is 2. The molecule has 2 aromatic heterocycles. The van der Waals surface area contributed by atoms with E-state index in [0.29, 0.717) is 33.7 Å². The minimum atomic E-state index is -0.170. The molecule has 26 heavy (non-hydrogen) atoms. The number of nitrogens with one attached hydrogen (secondary N) is 1. The van der Waals surface area contributed by atoms with Gasteiger partial charge < -0.3 is 11.1 Å². The molecule has 0 spiro atoms. The molecule has 0 saturated heterocycles. The van der Waals surface area contributed by atoms with Crippen LogP contribution in [0.5, 0.6) is 0 Å². The van der Waals surface area contributed by atoms with Gasteiger partial charge >= 0.3 is 0 Å². The molecule has 0 aliphatic rings. The van der Waals surface area contributed by atoms with E-state index >= 15 is 0 Å². The van der Waals surface area contributed by atoms with Crippen LogP contribution in [0, 0.1) is 0 Å². The largest absolute Gasteiger partial charge is 0.347 e. The molecule has 0 aliphatic heterocycles. The van der Waals surface area contributed by atoms with Crippen molar-refractivity contribution in [3.05, 3.63) is 56.3 Å². The van der Waals surface area contributed by atoms with Crippen molar-refractivity contribution in [3.8, 4) is 11.3 Å². The van der Waals surface area contributed by atoms with Crippen molar-refractivity contribution < 1.29 is 4.79 Å². The second kappa shape index (κ2) is 8.18. The summed E-state index contributed by atoms with van der Waals surface area (Å²) in [4.78, 5) is 13.1. The quantitative estimate of drug-likeness (QED) is 0.654. The Bertz CT molecular complexity index is 887. The number of hydrogen-bond acceptors (Lipinski definition) is 5. The van der Waals surface area contributed by atoms with E-state index in [9.17, 15) is 4.79 Å². The van der Waals surface area contributed by atoms with Crippen LogP contribution < -0.4 is 11.1 Å².